The summed E-state index contributed by atoms with van der Waals surface area (Å²) in [7, 11) is 0. The third-order valence-corrected chi connectivity index (χ3v) is 5.41. The zero-order chi connectivity index (χ0) is 13.8. The minimum absolute atomic E-state index is 0.529. The summed E-state index contributed by atoms with van der Waals surface area (Å²) in [5.41, 5.74) is 5.36. The van der Waals surface area contributed by atoms with Gasteiger partial charge in [-0.25, -0.2) is 0 Å². The van der Waals surface area contributed by atoms with Crippen LogP contribution in [0, 0.1) is 5.41 Å². The van der Waals surface area contributed by atoms with Gasteiger partial charge in [-0.15, -0.1) is 0 Å². The average molecular weight is 271 g/mol. The van der Waals surface area contributed by atoms with E-state index in [0.29, 0.717) is 5.41 Å². The number of hydrogen-bond donors (Lipinski definition) is 1. The van der Waals surface area contributed by atoms with Crippen molar-refractivity contribution in [3.63, 3.8) is 0 Å². The van der Waals surface area contributed by atoms with E-state index in [0.717, 1.165) is 6.54 Å². The van der Waals surface area contributed by atoms with Crippen LogP contribution < -0.4 is 5.32 Å². The Morgan fingerprint density at radius 3 is 2.60 bits per heavy atom. The summed E-state index contributed by atoms with van der Waals surface area (Å²) in [6.07, 6.45) is 12.4. The van der Waals surface area contributed by atoms with E-state index in [1.165, 1.54) is 64.3 Å². The molecule has 1 heteroatoms. The molecule has 0 atom stereocenters. The van der Waals surface area contributed by atoms with E-state index in [9.17, 15) is 0 Å². The molecule has 2 aliphatic carbocycles. The monoisotopic (exact) mass is 271 g/mol. The van der Waals surface area contributed by atoms with Gasteiger partial charge < -0.3 is 5.32 Å². The van der Waals surface area contributed by atoms with Crippen LogP contribution in [0.2, 0.25) is 0 Å². The maximum atomic E-state index is 3.63. The number of fused-ring (bicyclic) bond motifs is 1. The van der Waals surface area contributed by atoms with Gasteiger partial charge in [0.15, 0.2) is 0 Å². The molecule has 1 aromatic rings. The molecule has 1 saturated carbocycles. The second-order valence-corrected chi connectivity index (χ2v) is 6.97. The lowest BCUT2D eigenvalue weighted by Crippen LogP contribution is -2.38. The van der Waals surface area contributed by atoms with E-state index >= 15 is 0 Å². The Morgan fingerprint density at radius 1 is 1.00 bits per heavy atom. The van der Waals surface area contributed by atoms with Crippen LogP contribution in [0.25, 0.3) is 0 Å². The van der Waals surface area contributed by atoms with Crippen molar-refractivity contribution in [3.8, 4) is 0 Å². The first-order valence-electron chi connectivity index (χ1n) is 8.63. The summed E-state index contributed by atoms with van der Waals surface area (Å²) in [6.45, 7) is 4.54. The van der Waals surface area contributed by atoms with E-state index in [1.807, 2.05) is 0 Å². The van der Waals surface area contributed by atoms with Crippen LogP contribution in [0.15, 0.2) is 18.2 Å². The highest BCUT2D eigenvalue weighted by molar-refractivity contribution is 5.35. The molecule has 0 unspecified atom stereocenters. The number of rotatable bonds is 5. The van der Waals surface area contributed by atoms with Crippen LogP contribution in [-0.2, 0) is 19.3 Å². The molecule has 1 nitrogen and oxygen atoms in total. The molecule has 0 amide bonds. The normalized spacial score (nSPS) is 20.9. The molecule has 0 radical (unpaired) electrons. The number of benzene rings is 1. The third kappa shape index (κ3) is 3.09. The minimum atomic E-state index is 0.529. The molecule has 1 N–H and O–H groups in total. The Hall–Kier alpha value is -0.820. The summed E-state index contributed by atoms with van der Waals surface area (Å²) < 4.78 is 0. The Bertz CT molecular complexity index is 443. The molecule has 0 heterocycles. The fourth-order valence-electron chi connectivity index (χ4n) is 4.28. The molecular weight excluding hydrogens is 242 g/mol. The smallest absolute Gasteiger partial charge is 0.00109 e. The van der Waals surface area contributed by atoms with Gasteiger partial charge >= 0.3 is 0 Å². The summed E-state index contributed by atoms with van der Waals surface area (Å²) >= 11 is 0. The quantitative estimate of drug-likeness (QED) is 0.843. The molecule has 110 valence electrons. The van der Waals surface area contributed by atoms with Crippen LogP contribution in [0.4, 0.5) is 0 Å². The predicted octanol–water partition coefficient (Wildman–Crippen LogP) is 4.28. The number of aryl methyl sites for hydroxylation is 2. The third-order valence-electron chi connectivity index (χ3n) is 5.41. The minimum Gasteiger partial charge on any atom is -0.316 e. The largest absolute Gasteiger partial charge is 0.316 e. The summed E-state index contributed by atoms with van der Waals surface area (Å²) in [6, 6.07) is 7.33. The van der Waals surface area contributed by atoms with Crippen molar-refractivity contribution in [2.45, 2.75) is 64.7 Å². The van der Waals surface area contributed by atoms with E-state index in [2.05, 4.69) is 30.4 Å². The molecule has 0 saturated heterocycles. The lowest BCUT2D eigenvalue weighted by molar-refractivity contribution is 0.182. The highest BCUT2D eigenvalue weighted by Gasteiger charge is 2.31. The Labute approximate surface area is 124 Å². The van der Waals surface area contributed by atoms with Crippen molar-refractivity contribution in [2.75, 3.05) is 13.1 Å². The highest BCUT2D eigenvalue weighted by atomic mass is 14.9. The molecular formula is C19H29N. The summed E-state index contributed by atoms with van der Waals surface area (Å²) in [5, 5.41) is 3.63. The number of nitrogens with one attached hydrogen (secondary N) is 1. The second kappa shape index (κ2) is 6.30. The molecule has 2 aliphatic rings. The van der Waals surface area contributed by atoms with Gasteiger partial charge in [-0.3, -0.25) is 0 Å². The molecule has 0 aliphatic heterocycles. The van der Waals surface area contributed by atoms with Crippen LogP contribution >= 0.6 is 0 Å². The van der Waals surface area contributed by atoms with Crippen molar-refractivity contribution in [1.82, 2.24) is 5.32 Å². The molecule has 0 bridgehead atoms. The van der Waals surface area contributed by atoms with Crippen molar-refractivity contribution in [3.05, 3.63) is 34.9 Å². The topological polar surface area (TPSA) is 12.0 Å². The summed E-state index contributed by atoms with van der Waals surface area (Å²) in [4.78, 5) is 0. The van der Waals surface area contributed by atoms with Gasteiger partial charge in [0.25, 0.3) is 0 Å². The lowest BCUT2D eigenvalue weighted by Gasteiger charge is -2.38. The average Bonchev–Trinajstić information content (AvgIpc) is 2.94. The van der Waals surface area contributed by atoms with Gasteiger partial charge in [0, 0.05) is 6.54 Å². The van der Waals surface area contributed by atoms with Crippen molar-refractivity contribution in [1.29, 1.82) is 0 Å². The van der Waals surface area contributed by atoms with Gasteiger partial charge in [0.1, 0.15) is 0 Å². The molecule has 20 heavy (non-hydrogen) atoms. The maximum Gasteiger partial charge on any atom is 0.00109 e. The van der Waals surface area contributed by atoms with E-state index in [1.54, 1.807) is 16.7 Å². The molecule has 0 spiro atoms. The predicted molar refractivity (Wildman–Crippen MR) is 86.2 cm³/mol. The van der Waals surface area contributed by atoms with Crippen LogP contribution in [0.3, 0.4) is 0 Å². The fraction of sp³-hybridized carbons (Fsp3) is 0.684. The highest BCUT2D eigenvalue weighted by Crippen LogP contribution is 2.39. The van der Waals surface area contributed by atoms with Crippen molar-refractivity contribution >= 4 is 0 Å². The second-order valence-electron chi connectivity index (χ2n) is 6.97. The first-order valence-corrected chi connectivity index (χ1v) is 8.63. The molecule has 1 fully saturated rings. The zero-order valence-electron chi connectivity index (χ0n) is 13.0. The van der Waals surface area contributed by atoms with E-state index < -0.39 is 0 Å². The van der Waals surface area contributed by atoms with Gasteiger partial charge in [-0.1, -0.05) is 44.4 Å². The van der Waals surface area contributed by atoms with Gasteiger partial charge in [0.05, 0.1) is 0 Å². The van der Waals surface area contributed by atoms with Crippen LogP contribution in [0.1, 0.15) is 62.1 Å². The molecule has 1 aromatic carbocycles. The number of hydrogen-bond acceptors (Lipinski definition) is 1. The van der Waals surface area contributed by atoms with E-state index in [4.69, 9.17) is 0 Å². The summed E-state index contributed by atoms with van der Waals surface area (Å²) in [5.74, 6) is 0. The molecule has 0 aromatic heterocycles. The van der Waals surface area contributed by atoms with E-state index in [-0.39, 0.29) is 0 Å². The first-order chi connectivity index (χ1) is 9.81. The fourth-order valence-corrected chi connectivity index (χ4v) is 4.28. The lowest BCUT2D eigenvalue weighted by atomic mass is 9.70. The molecule has 3 rings (SSSR count). The van der Waals surface area contributed by atoms with Crippen LogP contribution in [-0.4, -0.2) is 13.1 Å². The standard InChI is InChI=1S/C19H29N/c1-2-20-15-19(11-4-3-5-12-19)14-16-9-10-17-7-6-8-18(17)13-16/h9-10,13,20H,2-8,11-12,14-15H2,1H3. The Balaban J connectivity index is 1.75. The van der Waals surface area contributed by atoms with Gasteiger partial charge in [-0.05, 0) is 67.2 Å². The van der Waals surface area contributed by atoms with Gasteiger partial charge in [0.2, 0.25) is 0 Å². The van der Waals surface area contributed by atoms with Gasteiger partial charge in [-0.2, -0.15) is 0 Å². The Morgan fingerprint density at radius 2 is 1.80 bits per heavy atom. The van der Waals surface area contributed by atoms with Crippen molar-refractivity contribution < 1.29 is 0 Å². The SMILES string of the molecule is CCNCC1(Cc2ccc3c(c2)CCC3)CCCCC1. The zero-order valence-corrected chi connectivity index (χ0v) is 13.0. The van der Waals surface area contributed by atoms with Crippen molar-refractivity contribution in [2.24, 2.45) is 5.41 Å². The van der Waals surface area contributed by atoms with Crippen LogP contribution in [0.5, 0.6) is 0 Å². The first kappa shape index (κ1) is 14.1. The Kier molecular flexibility index (Phi) is 4.45. The maximum absolute atomic E-state index is 3.63.